The third-order valence-corrected chi connectivity index (χ3v) is 2.14. The highest BCUT2D eigenvalue weighted by atomic mass is 16.6. The molecule has 7 heteroatoms. The molecule has 1 aromatic rings. The van der Waals surface area contributed by atoms with Gasteiger partial charge in [-0.2, -0.15) is 0 Å². The molecule has 0 bridgehead atoms. The lowest BCUT2D eigenvalue weighted by Gasteiger charge is -2.06. The molecule has 0 unspecified atom stereocenters. The Balaban J connectivity index is 2.96. The Kier molecular flexibility index (Phi) is 5.49. The molecule has 0 saturated heterocycles. The lowest BCUT2D eigenvalue weighted by atomic mass is 10.2. The molecule has 1 rings (SSSR count). The van der Waals surface area contributed by atoms with Gasteiger partial charge in [-0.1, -0.05) is 0 Å². The normalized spacial score (nSPS) is 10.6. The first-order valence-electron chi connectivity index (χ1n) is 5.35. The number of hydrogen-bond acceptors (Lipinski definition) is 5. The number of benzene rings is 1. The van der Waals surface area contributed by atoms with Gasteiger partial charge in [0, 0.05) is 19.3 Å². The highest BCUT2D eigenvalue weighted by molar-refractivity contribution is 5.85. The molecule has 0 aliphatic rings. The Morgan fingerprint density at radius 3 is 2.79 bits per heavy atom. The van der Waals surface area contributed by atoms with Crippen LogP contribution in [0.4, 0.5) is 5.69 Å². The van der Waals surface area contributed by atoms with E-state index in [1.54, 1.807) is 0 Å². The van der Waals surface area contributed by atoms with Crippen molar-refractivity contribution in [1.29, 1.82) is 0 Å². The number of methoxy groups -OCH3 is 1. The molecule has 0 aromatic heterocycles. The minimum Gasteiger partial charge on any atom is -0.484 e. The smallest absolute Gasteiger partial charge is 0.328 e. The molecular formula is C12H13NO6. The maximum atomic E-state index is 10.8. The molecule has 0 amide bonds. The average molecular weight is 267 g/mol. The zero-order valence-corrected chi connectivity index (χ0v) is 10.2. The van der Waals surface area contributed by atoms with Crippen LogP contribution in [-0.2, 0) is 9.53 Å². The summed E-state index contributed by atoms with van der Waals surface area (Å²) in [6.45, 7) is 0.468. The Morgan fingerprint density at radius 1 is 1.47 bits per heavy atom. The predicted molar refractivity (Wildman–Crippen MR) is 67.1 cm³/mol. The zero-order chi connectivity index (χ0) is 14.3. The second-order valence-electron chi connectivity index (χ2n) is 3.50. The fraction of sp³-hybridized carbons (Fsp3) is 0.250. The number of rotatable bonds is 7. The van der Waals surface area contributed by atoms with Gasteiger partial charge in [0.25, 0.3) is 0 Å². The highest BCUT2D eigenvalue weighted by Crippen LogP contribution is 2.28. The molecule has 0 fully saturated rings. The summed E-state index contributed by atoms with van der Waals surface area (Å²) < 4.78 is 10.0. The predicted octanol–water partition coefficient (Wildman–Crippen LogP) is 1.72. The summed E-state index contributed by atoms with van der Waals surface area (Å²) in [7, 11) is 1.49. The Labute approximate surface area is 109 Å². The minimum absolute atomic E-state index is 0.0783. The maximum absolute atomic E-state index is 10.8. The van der Waals surface area contributed by atoms with Crippen LogP contribution >= 0.6 is 0 Å². The second kappa shape index (κ2) is 7.12. The van der Waals surface area contributed by atoms with Crippen LogP contribution in [0.3, 0.4) is 0 Å². The zero-order valence-electron chi connectivity index (χ0n) is 10.2. The molecule has 0 radical (unpaired) electrons. The number of carboxylic acid groups (broad SMARTS) is 1. The molecule has 0 atom stereocenters. The van der Waals surface area contributed by atoms with E-state index < -0.39 is 10.9 Å². The number of nitro benzene ring substituents is 1. The summed E-state index contributed by atoms with van der Waals surface area (Å²) in [6, 6.07) is 4.12. The lowest BCUT2D eigenvalue weighted by molar-refractivity contribution is -0.385. The molecule has 7 nitrogen and oxygen atoms in total. The van der Waals surface area contributed by atoms with Crippen molar-refractivity contribution < 1.29 is 24.3 Å². The van der Waals surface area contributed by atoms with E-state index in [4.69, 9.17) is 14.6 Å². The first kappa shape index (κ1) is 14.7. The molecule has 0 aliphatic heterocycles. The van der Waals surface area contributed by atoms with E-state index in [0.29, 0.717) is 12.2 Å². The van der Waals surface area contributed by atoms with Gasteiger partial charge >= 0.3 is 11.7 Å². The fourth-order valence-corrected chi connectivity index (χ4v) is 1.30. The number of hydrogen-bond donors (Lipinski definition) is 1. The van der Waals surface area contributed by atoms with Gasteiger partial charge in [-0.25, -0.2) is 4.79 Å². The third-order valence-electron chi connectivity index (χ3n) is 2.14. The number of carbonyl (C=O) groups is 1. The van der Waals surface area contributed by atoms with Crippen LogP contribution in [0.5, 0.6) is 5.75 Å². The van der Waals surface area contributed by atoms with Crippen LogP contribution in [0.2, 0.25) is 0 Å². The van der Waals surface area contributed by atoms with Crippen LogP contribution in [0.1, 0.15) is 5.56 Å². The summed E-state index contributed by atoms with van der Waals surface area (Å²) >= 11 is 0. The van der Waals surface area contributed by atoms with Gasteiger partial charge in [0.1, 0.15) is 6.61 Å². The summed E-state index contributed by atoms with van der Waals surface area (Å²) in [5.41, 5.74) is 0.323. The van der Waals surface area contributed by atoms with E-state index in [-0.39, 0.29) is 18.0 Å². The van der Waals surface area contributed by atoms with Crippen LogP contribution in [0.25, 0.3) is 6.08 Å². The molecule has 0 aliphatic carbocycles. The topological polar surface area (TPSA) is 98.9 Å². The van der Waals surface area contributed by atoms with Gasteiger partial charge in [-0.15, -0.1) is 0 Å². The van der Waals surface area contributed by atoms with Gasteiger partial charge in [0.2, 0.25) is 0 Å². The van der Waals surface area contributed by atoms with Crippen LogP contribution in [0.15, 0.2) is 24.3 Å². The van der Waals surface area contributed by atoms with E-state index in [0.717, 1.165) is 6.08 Å². The SMILES string of the molecule is COCCOc1cc(C=CC(=O)O)ccc1[N+](=O)[O-]. The fourth-order valence-electron chi connectivity index (χ4n) is 1.30. The standard InChI is InChI=1S/C12H13NO6/c1-18-6-7-19-11-8-9(3-5-12(14)15)2-4-10(11)13(16)17/h2-5,8H,6-7H2,1H3,(H,14,15). The van der Waals surface area contributed by atoms with Crippen molar-refractivity contribution in [2.75, 3.05) is 20.3 Å². The lowest BCUT2D eigenvalue weighted by Crippen LogP contribution is -2.06. The van der Waals surface area contributed by atoms with Crippen LogP contribution in [0, 0.1) is 10.1 Å². The quantitative estimate of drug-likeness (QED) is 0.349. The molecule has 0 spiro atoms. The summed E-state index contributed by atoms with van der Waals surface area (Å²) in [4.78, 5) is 20.7. The van der Waals surface area contributed by atoms with Gasteiger partial charge in [0.15, 0.2) is 5.75 Å². The van der Waals surface area contributed by atoms with Crippen molar-refractivity contribution >= 4 is 17.7 Å². The third kappa shape index (κ3) is 4.76. The van der Waals surface area contributed by atoms with Crippen molar-refractivity contribution in [3.8, 4) is 5.75 Å². The van der Waals surface area contributed by atoms with E-state index in [1.807, 2.05) is 0 Å². The van der Waals surface area contributed by atoms with E-state index in [1.165, 1.54) is 31.4 Å². The van der Waals surface area contributed by atoms with Crippen molar-refractivity contribution in [1.82, 2.24) is 0 Å². The second-order valence-corrected chi connectivity index (χ2v) is 3.50. The first-order valence-corrected chi connectivity index (χ1v) is 5.35. The summed E-state index contributed by atoms with van der Waals surface area (Å²) in [5.74, 6) is -1.02. The van der Waals surface area contributed by atoms with Crippen LogP contribution < -0.4 is 4.74 Å². The molecule has 19 heavy (non-hydrogen) atoms. The summed E-state index contributed by atoms with van der Waals surface area (Å²) in [6.07, 6.45) is 2.27. The summed E-state index contributed by atoms with van der Waals surface area (Å²) in [5, 5.41) is 19.3. The van der Waals surface area contributed by atoms with Gasteiger partial charge < -0.3 is 14.6 Å². The number of nitro groups is 1. The molecule has 1 aromatic carbocycles. The van der Waals surface area contributed by atoms with Crippen molar-refractivity contribution in [3.63, 3.8) is 0 Å². The van der Waals surface area contributed by atoms with Crippen LogP contribution in [-0.4, -0.2) is 36.3 Å². The van der Waals surface area contributed by atoms with E-state index in [9.17, 15) is 14.9 Å². The van der Waals surface area contributed by atoms with Crippen molar-refractivity contribution in [2.24, 2.45) is 0 Å². The van der Waals surface area contributed by atoms with Gasteiger partial charge in [-0.05, 0) is 23.8 Å². The van der Waals surface area contributed by atoms with E-state index >= 15 is 0 Å². The molecule has 0 heterocycles. The highest BCUT2D eigenvalue weighted by Gasteiger charge is 2.15. The van der Waals surface area contributed by atoms with Crippen molar-refractivity contribution in [2.45, 2.75) is 0 Å². The Morgan fingerprint density at radius 2 is 2.21 bits per heavy atom. The molecule has 102 valence electrons. The molecule has 0 saturated carbocycles. The van der Waals surface area contributed by atoms with E-state index in [2.05, 4.69) is 0 Å². The number of ether oxygens (including phenoxy) is 2. The average Bonchev–Trinajstić information content (AvgIpc) is 2.36. The Bertz CT molecular complexity index is 497. The largest absolute Gasteiger partial charge is 0.484 e. The Hall–Kier alpha value is -2.41. The molecule has 1 N–H and O–H groups in total. The maximum Gasteiger partial charge on any atom is 0.328 e. The molecular weight excluding hydrogens is 254 g/mol. The van der Waals surface area contributed by atoms with Crippen molar-refractivity contribution in [3.05, 3.63) is 40.0 Å². The number of carboxylic acids is 1. The first-order chi connectivity index (χ1) is 9.04. The number of aliphatic carboxylic acids is 1. The monoisotopic (exact) mass is 267 g/mol. The van der Waals surface area contributed by atoms with Gasteiger partial charge in [-0.3, -0.25) is 10.1 Å². The number of nitrogens with zero attached hydrogens (tertiary/aromatic N) is 1. The minimum atomic E-state index is -1.10. The van der Waals surface area contributed by atoms with Gasteiger partial charge in [0.05, 0.1) is 11.5 Å².